The van der Waals surface area contributed by atoms with Gasteiger partial charge in [-0.1, -0.05) is 24.3 Å². The standard InChI is InChI=1S/C11H12F3NO4S/c1-20(17,18)19-7-9-4-2-8(3-5-9)6-15-10(16)11(12,13)14/h2-5H,6-7H2,1H3,(H,15,16). The molecule has 1 aromatic rings. The maximum absolute atomic E-state index is 11.9. The Morgan fingerprint density at radius 1 is 1.20 bits per heavy atom. The number of rotatable bonds is 5. The summed E-state index contributed by atoms with van der Waals surface area (Å²) >= 11 is 0. The number of hydrogen-bond acceptors (Lipinski definition) is 4. The molecule has 0 radical (unpaired) electrons. The van der Waals surface area contributed by atoms with Gasteiger partial charge in [0.15, 0.2) is 0 Å². The molecule has 0 atom stereocenters. The van der Waals surface area contributed by atoms with E-state index in [4.69, 9.17) is 0 Å². The quantitative estimate of drug-likeness (QED) is 0.833. The van der Waals surface area contributed by atoms with E-state index >= 15 is 0 Å². The number of alkyl halides is 3. The molecule has 0 aromatic heterocycles. The summed E-state index contributed by atoms with van der Waals surface area (Å²) in [5, 5.41) is 1.72. The lowest BCUT2D eigenvalue weighted by Gasteiger charge is -2.08. The highest BCUT2D eigenvalue weighted by molar-refractivity contribution is 7.85. The van der Waals surface area contributed by atoms with Crippen molar-refractivity contribution in [3.63, 3.8) is 0 Å². The minimum atomic E-state index is -4.91. The number of hydrogen-bond donors (Lipinski definition) is 1. The Bertz CT molecular complexity index is 566. The SMILES string of the molecule is CS(=O)(=O)OCc1ccc(CNC(=O)C(F)(F)F)cc1. The summed E-state index contributed by atoms with van der Waals surface area (Å²) in [5.41, 5.74) is 0.993. The van der Waals surface area contributed by atoms with Gasteiger partial charge in [-0.15, -0.1) is 0 Å². The molecule has 0 aliphatic heterocycles. The lowest BCUT2D eigenvalue weighted by atomic mass is 10.1. The Morgan fingerprint density at radius 3 is 2.15 bits per heavy atom. The minimum Gasteiger partial charge on any atom is -0.344 e. The van der Waals surface area contributed by atoms with Gasteiger partial charge < -0.3 is 5.32 Å². The lowest BCUT2D eigenvalue weighted by Crippen LogP contribution is -2.36. The second-order valence-corrected chi connectivity index (χ2v) is 5.61. The average molecular weight is 311 g/mol. The van der Waals surface area contributed by atoms with Crippen LogP contribution in [0.15, 0.2) is 24.3 Å². The molecule has 0 aliphatic rings. The molecule has 1 rings (SSSR count). The molecule has 0 saturated carbocycles. The van der Waals surface area contributed by atoms with Crippen LogP contribution in [0.25, 0.3) is 0 Å². The predicted octanol–water partition coefficient (Wildman–Crippen LogP) is 1.34. The van der Waals surface area contributed by atoms with Crippen LogP contribution in [-0.4, -0.2) is 26.8 Å². The van der Waals surface area contributed by atoms with E-state index in [0.29, 0.717) is 11.1 Å². The van der Waals surface area contributed by atoms with E-state index < -0.39 is 22.2 Å². The number of carbonyl (C=O) groups is 1. The number of carbonyl (C=O) groups excluding carboxylic acids is 1. The van der Waals surface area contributed by atoms with Crippen LogP contribution in [-0.2, 0) is 32.2 Å². The Kier molecular flexibility index (Phi) is 5.12. The minimum absolute atomic E-state index is 0.159. The van der Waals surface area contributed by atoms with E-state index in [1.54, 1.807) is 5.32 Å². The van der Waals surface area contributed by atoms with Crippen LogP contribution >= 0.6 is 0 Å². The van der Waals surface area contributed by atoms with Crippen LogP contribution in [0.4, 0.5) is 13.2 Å². The molecule has 0 saturated heterocycles. The molecule has 1 aromatic carbocycles. The van der Waals surface area contributed by atoms with Gasteiger partial charge in [-0.05, 0) is 11.1 Å². The van der Waals surface area contributed by atoms with E-state index in [1.807, 2.05) is 0 Å². The van der Waals surface area contributed by atoms with Crippen molar-refractivity contribution in [1.82, 2.24) is 5.32 Å². The van der Waals surface area contributed by atoms with Crippen molar-refractivity contribution in [2.75, 3.05) is 6.26 Å². The van der Waals surface area contributed by atoms with Crippen molar-refractivity contribution in [1.29, 1.82) is 0 Å². The highest BCUT2D eigenvalue weighted by Gasteiger charge is 2.38. The zero-order valence-corrected chi connectivity index (χ0v) is 11.2. The molecule has 0 bridgehead atoms. The first-order valence-corrected chi connectivity index (χ1v) is 7.17. The zero-order chi connectivity index (χ0) is 15.4. The summed E-state index contributed by atoms with van der Waals surface area (Å²) in [4.78, 5) is 10.6. The summed E-state index contributed by atoms with van der Waals surface area (Å²) in [6, 6.07) is 5.94. The third kappa shape index (κ3) is 6.02. The van der Waals surface area contributed by atoms with Gasteiger partial charge >= 0.3 is 12.1 Å². The van der Waals surface area contributed by atoms with Crippen molar-refractivity contribution < 1.29 is 30.6 Å². The molecule has 0 unspecified atom stereocenters. The second kappa shape index (κ2) is 6.23. The van der Waals surface area contributed by atoms with Crippen LogP contribution in [0.3, 0.4) is 0 Å². The van der Waals surface area contributed by atoms with Crippen molar-refractivity contribution in [3.05, 3.63) is 35.4 Å². The third-order valence-corrected chi connectivity index (χ3v) is 2.72. The summed E-state index contributed by atoms with van der Waals surface area (Å²) < 4.78 is 61.9. The molecule has 0 heterocycles. The fourth-order valence-corrected chi connectivity index (χ4v) is 1.56. The third-order valence-electron chi connectivity index (χ3n) is 2.17. The molecule has 0 aliphatic carbocycles. The molecule has 112 valence electrons. The monoisotopic (exact) mass is 311 g/mol. The van der Waals surface area contributed by atoms with Crippen LogP contribution in [0, 0.1) is 0 Å². The van der Waals surface area contributed by atoms with Gasteiger partial charge in [0, 0.05) is 6.54 Å². The van der Waals surface area contributed by atoms with Crippen molar-refractivity contribution >= 4 is 16.0 Å². The van der Waals surface area contributed by atoms with Gasteiger partial charge in [0.2, 0.25) is 0 Å². The molecular weight excluding hydrogens is 299 g/mol. The molecule has 9 heteroatoms. The maximum Gasteiger partial charge on any atom is 0.471 e. The van der Waals surface area contributed by atoms with Gasteiger partial charge in [-0.3, -0.25) is 8.98 Å². The van der Waals surface area contributed by atoms with Gasteiger partial charge in [-0.2, -0.15) is 21.6 Å². The summed E-state index contributed by atoms with van der Waals surface area (Å²) in [6.45, 7) is -0.431. The van der Waals surface area contributed by atoms with Gasteiger partial charge in [0.25, 0.3) is 10.1 Å². The highest BCUT2D eigenvalue weighted by atomic mass is 32.2. The van der Waals surface area contributed by atoms with Crippen molar-refractivity contribution in [3.8, 4) is 0 Å². The Balaban J connectivity index is 2.53. The molecule has 0 fully saturated rings. The van der Waals surface area contributed by atoms with Crippen molar-refractivity contribution in [2.45, 2.75) is 19.3 Å². The predicted molar refractivity (Wildman–Crippen MR) is 64.0 cm³/mol. The van der Waals surface area contributed by atoms with E-state index in [9.17, 15) is 26.4 Å². The summed E-state index contributed by atoms with van der Waals surface area (Å²) in [5.74, 6) is -2.01. The fraction of sp³-hybridized carbons (Fsp3) is 0.364. The van der Waals surface area contributed by atoms with E-state index in [-0.39, 0.29) is 13.2 Å². The first-order valence-electron chi connectivity index (χ1n) is 5.35. The van der Waals surface area contributed by atoms with Gasteiger partial charge in [0.05, 0.1) is 12.9 Å². The molecule has 5 nitrogen and oxygen atoms in total. The van der Waals surface area contributed by atoms with Crippen LogP contribution in [0.2, 0.25) is 0 Å². The number of amides is 1. The van der Waals surface area contributed by atoms with E-state index in [1.165, 1.54) is 24.3 Å². The van der Waals surface area contributed by atoms with Gasteiger partial charge in [-0.25, -0.2) is 0 Å². The smallest absolute Gasteiger partial charge is 0.344 e. The molecule has 1 amide bonds. The highest BCUT2D eigenvalue weighted by Crippen LogP contribution is 2.14. The zero-order valence-electron chi connectivity index (χ0n) is 10.4. The number of nitrogens with one attached hydrogen (secondary N) is 1. The van der Waals surface area contributed by atoms with Gasteiger partial charge in [0.1, 0.15) is 0 Å². The van der Waals surface area contributed by atoms with Crippen molar-refractivity contribution in [2.24, 2.45) is 0 Å². The Morgan fingerprint density at radius 2 is 1.70 bits per heavy atom. The normalized spacial score (nSPS) is 12.2. The molecular formula is C11H12F3NO4S. The second-order valence-electron chi connectivity index (χ2n) is 3.96. The van der Waals surface area contributed by atoms with E-state index in [2.05, 4.69) is 4.18 Å². The lowest BCUT2D eigenvalue weighted by molar-refractivity contribution is -0.173. The van der Waals surface area contributed by atoms with Crippen LogP contribution < -0.4 is 5.32 Å². The largest absolute Gasteiger partial charge is 0.471 e. The number of halogens is 3. The topological polar surface area (TPSA) is 72.5 Å². The molecule has 1 N–H and O–H groups in total. The van der Waals surface area contributed by atoms with E-state index in [0.717, 1.165) is 6.26 Å². The Labute approximate surface area is 113 Å². The first-order chi connectivity index (χ1) is 9.08. The molecule has 0 spiro atoms. The molecule has 20 heavy (non-hydrogen) atoms. The fourth-order valence-electron chi connectivity index (χ4n) is 1.21. The summed E-state index contributed by atoms with van der Waals surface area (Å²) in [6.07, 6.45) is -4.00. The van der Waals surface area contributed by atoms with Crippen LogP contribution in [0.1, 0.15) is 11.1 Å². The maximum atomic E-state index is 11.9. The first kappa shape index (κ1) is 16.4. The summed E-state index contributed by atoms with van der Waals surface area (Å²) in [7, 11) is -3.55. The average Bonchev–Trinajstić information content (AvgIpc) is 2.32. The Hall–Kier alpha value is -1.61. The van der Waals surface area contributed by atoms with Crippen LogP contribution in [0.5, 0.6) is 0 Å². The number of benzene rings is 1.